The zero-order valence-corrected chi connectivity index (χ0v) is 9.61. The van der Waals surface area contributed by atoms with Crippen LogP contribution in [-0.2, 0) is 4.74 Å². The normalized spacial score (nSPS) is 36.2. The molecule has 2 heteroatoms. The van der Waals surface area contributed by atoms with E-state index in [-0.39, 0.29) is 11.0 Å². The minimum absolute atomic E-state index is 0.0379. The molecule has 1 saturated heterocycles. The molecule has 13 heavy (non-hydrogen) atoms. The summed E-state index contributed by atoms with van der Waals surface area (Å²) in [6.07, 6.45) is 1.42. The van der Waals surface area contributed by atoms with Crippen LogP contribution in [0.4, 0.5) is 0 Å². The van der Waals surface area contributed by atoms with Gasteiger partial charge in [-0.15, -0.1) is 0 Å². The van der Waals surface area contributed by atoms with Crippen molar-refractivity contribution in [3.8, 4) is 0 Å². The maximum absolute atomic E-state index is 6.12. The first-order valence-electron chi connectivity index (χ1n) is 5.26. The molecule has 0 aliphatic carbocycles. The number of hydrogen-bond acceptors (Lipinski definition) is 2. The SMILES string of the molecule is CCC1(C)CNCC(C(C)(C)C)O1. The van der Waals surface area contributed by atoms with Crippen LogP contribution in [0, 0.1) is 5.41 Å². The summed E-state index contributed by atoms with van der Waals surface area (Å²) in [4.78, 5) is 0. The molecule has 1 aliphatic heterocycles. The van der Waals surface area contributed by atoms with Crippen LogP contribution >= 0.6 is 0 Å². The van der Waals surface area contributed by atoms with Crippen LogP contribution in [0.3, 0.4) is 0 Å². The minimum atomic E-state index is 0.0379. The Morgan fingerprint density at radius 2 is 2.08 bits per heavy atom. The molecule has 2 nitrogen and oxygen atoms in total. The van der Waals surface area contributed by atoms with E-state index in [1.165, 1.54) is 0 Å². The molecule has 0 bridgehead atoms. The standard InChI is InChI=1S/C11H23NO/c1-6-11(5)8-12-7-9(13-11)10(2,3)4/h9,12H,6-8H2,1-5H3. The van der Waals surface area contributed by atoms with Gasteiger partial charge in [0.25, 0.3) is 0 Å². The highest BCUT2D eigenvalue weighted by Gasteiger charge is 2.36. The van der Waals surface area contributed by atoms with Crippen molar-refractivity contribution in [2.45, 2.75) is 52.7 Å². The van der Waals surface area contributed by atoms with Crippen molar-refractivity contribution in [3.63, 3.8) is 0 Å². The first-order chi connectivity index (χ1) is 5.87. The molecule has 0 aromatic heterocycles. The molecule has 1 fully saturated rings. The maximum atomic E-state index is 6.12. The summed E-state index contributed by atoms with van der Waals surface area (Å²) >= 11 is 0. The van der Waals surface area contributed by atoms with Crippen LogP contribution < -0.4 is 5.32 Å². The highest BCUT2D eigenvalue weighted by molar-refractivity contribution is 4.88. The Labute approximate surface area is 82.0 Å². The molecule has 2 unspecified atom stereocenters. The van der Waals surface area contributed by atoms with Gasteiger partial charge in [-0.3, -0.25) is 0 Å². The molecule has 1 heterocycles. The number of nitrogens with one attached hydrogen (secondary N) is 1. The Balaban J connectivity index is 2.62. The fourth-order valence-corrected chi connectivity index (χ4v) is 1.59. The summed E-state index contributed by atoms with van der Waals surface area (Å²) in [6.45, 7) is 13.1. The maximum Gasteiger partial charge on any atom is 0.0780 e. The second kappa shape index (κ2) is 3.58. The summed E-state index contributed by atoms with van der Waals surface area (Å²) in [6, 6.07) is 0. The van der Waals surface area contributed by atoms with Crippen LogP contribution in [0.1, 0.15) is 41.0 Å². The van der Waals surface area contributed by atoms with Crippen LogP contribution in [0.2, 0.25) is 0 Å². The third-order valence-corrected chi connectivity index (χ3v) is 2.97. The number of hydrogen-bond donors (Lipinski definition) is 1. The zero-order chi connectivity index (χ0) is 10.1. The monoisotopic (exact) mass is 185 g/mol. The molecular formula is C11H23NO. The van der Waals surface area contributed by atoms with E-state index < -0.39 is 0 Å². The van der Waals surface area contributed by atoms with Gasteiger partial charge in [0, 0.05) is 13.1 Å². The van der Waals surface area contributed by atoms with E-state index in [0.717, 1.165) is 19.5 Å². The van der Waals surface area contributed by atoms with Crippen molar-refractivity contribution < 1.29 is 4.74 Å². The quantitative estimate of drug-likeness (QED) is 0.676. The van der Waals surface area contributed by atoms with Gasteiger partial charge < -0.3 is 10.1 Å². The van der Waals surface area contributed by atoms with Crippen molar-refractivity contribution in [2.24, 2.45) is 5.41 Å². The van der Waals surface area contributed by atoms with E-state index >= 15 is 0 Å². The lowest BCUT2D eigenvalue weighted by Gasteiger charge is -2.44. The molecule has 0 amide bonds. The molecule has 0 saturated carbocycles. The average Bonchev–Trinajstić information content (AvgIpc) is 2.03. The summed E-state index contributed by atoms with van der Waals surface area (Å²) in [5.74, 6) is 0. The zero-order valence-electron chi connectivity index (χ0n) is 9.61. The first-order valence-corrected chi connectivity index (χ1v) is 5.26. The molecule has 1 rings (SSSR count). The van der Waals surface area contributed by atoms with Gasteiger partial charge in [0.15, 0.2) is 0 Å². The molecule has 0 radical (unpaired) electrons. The van der Waals surface area contributed by atoms with Crippen LogP contribution in [0.15, 0.2) is 0 Å². The van der Waals surface area contributed by atoms with Gasteiger partial charge in [0.05, 0.1) is 11.7 Å². The second-order valence-corrected chi connectivity index (χ2v) is 5.41. The summed E-state index contributed by atoms with van der Waals surface area (Å²) in [7, 11) is 0. The van der Waals surface area contributed by atoms with Crippen molar-refractivity contribution in [1.82, 2.24) is 5.32 Å². The van der Waals surface area contributed by atoms with Crippen LogP contribution in [-0.4, -0.2) is 24.8 Å². The van der Waals surface area contributed by atoms with Gasteiger partial charge >= 0.3 is 0 Å². The van der Waals surface area contributed by atoms with E-state index in [1.807, 2.05) is 0 Å². The Bertz CT molecular complexity index is 173. The summed E-state index contributed by atoms with van der Waals surface area (Å²) in [5.41, 5.74) is 0.278. The van der Waals surface area contributed by atoms with Crippen LogP contribution in [0.5, 0.6) is 0 Å². The first kappa shape index (κ1) is 11.0. The van der Waals surface area contributed by atoms with Gasteiger partial charge in [-0.2, -0.15) is 0 Å². The van der Waals surface area contributed by atoms with Crippen molar-refractivity contribution in [2.75, 3.05) is 13.1 Å². The smallest absolute Gasteiger partial charge is 0.0780 e. The van der Waals surface area contributed by atoms with Crippen molar-refractivity contribution in [1.29, 1.82) is 0 Å². The average molecular weight is 185 g/mol. The molecule has 0 aromatic carbocycles. The lowest BCUT2D eigenvalue weighted by atomic mass is 9.86. The Hall–Kier alpha value is -0.0800. The minimum Gasteiger partial charge on any atom is -0.369 e. The molecule has 0 aromatic rings. The van der Waals surface area contributed by atoms with E-state index in [4.69, 9.17) is 4.74 Å². The predicted molar refractivity (Wildman–Crippen MR) is 55.9 cm³/mol. The third kappa shape index (κ3) is 2.68. The van der Waals surface area contributed by atoms with Gasteiger partial charge in [-0.05, 0) is 18.8 Å². The third-order valence-electron chi connectivity index (χ3n) is 2.97. The molecule has 1 N–H and O–H groups in total. The Kier molecular flexibility index (Phi) is 3.03. The van der Waals surface area contributed by atoms with E-state index in [9.17, 15) is 0 Å². The van der Waals surface area contributed by atoms with Gasteiger partial charge in [-0.25, -0.2) is 0 Å². The number of ether oxygens (including phenoxy) is 1. The van der Waals surface area contributed by atoms with E-state index in [0.29, 0.717) is 6.10 Å². The van der Waals surface area contributed by atoms with E-state index in [1.54, 1.807) is 0 Å². The van der Waals surface area contributed by atoms with Gasteiger partial charge in [0.2, 0.25) is 0 Å². The lowest BCUT2D eigenvalue weighted by Crippen LogP contribution is -2.55. The number of rotatable bonds is 1. The largest absolute Gasteiger partial charge is 0.369 e. The summed E-state index contributed by atoms with van der Waals surface area (Å²) in [5, 5.41) is 3.46. The predicted octanol–water partition coefficient (Wildman–Crippen LogP) is 2.19. The van der Waals surface area contributed by atoms with Crippen LogP contribution in [0.25, 0.3) is 0 Å². The van der Waals surface area contributed by atoms with Gasteiger partial charge in [0.1, 0.15) is 0 Å². The molecule has 1 aliphatic rings. The number of morpholine rings is 1. The molecule has 2 atom stereocenters. The molecule has 0 spiro atoms. The van der Waals surface area contributed by atoms with Gasteiger partial charge in [-0.1, -0.05) is 27.7 Å². The van der Waals surface area contributed by atoms with E-state index in [2.05, 4.69) is 39.9 Å². The summed E-state index contributed by atoms with van der Waals surface area (Å²) < 4.78 is 6.12. The second-order valence-electron chi connectivity index (χ2n) is 5.41. The highest BCUT2D eigenvalue weighted by Crippen LogP contribution is 2.30. The van der Waals surface area contributed by atoms with Crippen molar-refractivity contribution in [3.05, 3.63) is 0 Å². The fourth-order valence-electron chi connectivity index (χ4n) is 1.59. The van der Waals surface area contributed by atoms with Crippen molar-refractivity contribution >= 4 is 0 Å². The fraction of sp³-hybridized carbons (Fsp3) is 1.00. The molecular weight excluding hydrogens is 162 g/mol. The molecule has 78 valence electrons. The highest BCUT2D eigenvalue weighted by atomic mass is 16.5. The Morgan fingerprint density at radius 1 is 1.46 bits per heavy atom. The topological polar surface area (TPSA) is 21.3 Å². The Morgan fingerprint density at radius 3 is 2.54 bits per heavy atom. The lowest BCUT2D eigenvalue weighted by molar-refractivity contribution is -0.143.